The second kappa shape index (κ2) is 6.38. The molecular weight excluding hydrogens is 220 g/mol. The zero-order valence-corrected chi connectivity index (χ0v) is 12.7. The Hall–Kier alpha value is -0.0800. The maximum atomic E-state index is 3.54. The van der Waals surface area contributed by atoms with E-state index in [1.165, 1.54) is 64.6 Å². The molecule has 2 fully saturated rings. The lowest BCUT2D eigenvalue weighted by Gasteiger charge is -2.42. The highest BCUT2D eigenvalue weighted by Crippen LogP contribution is 2.46. The Labute approximate surface area is 114 Å². The van der Waals surface area contributed by atoms with Crippen molar-refractivity contribution in [3.63, 3.8) is 0 Å². The first-order chi connectivity index (χ1) is 8.61. The molecule has 2 heteroatoms. The molecule has 106 valence electrons. The quantitative estimate of drug-likeness (QED) is 0.806. The van der Waals surface area contributed by atoms with Gasteiger partial charge < -0.3 is 10.2 Å². The lowest BCUT2D eigenvalue weighted by molar-refractivity contribution is 0.0785. The molecule has 2 nitrogen and oxygen atoms in total. The van der Waals surface area contributed by atoms with E-state index in [1.54, 1.807) is 0 Å². The third kappa shape index (κ3) is 3.71. The molecule has 1 saturated heterocycles. The minimum atomic E-state index is 0.625. The van der Waals surface area contributed by atoms with Crippen LogP contribution < -0.4 is 5.32 Å². The third-order valence-corrected chi connectivity index (χ3v) is 5.26. The van der Waals surface area contributed by atoms with Gasteiger partial charge in [0.1, 0.15) is 0 Å². The van der Waals surface area contributed by atoms with E-state index >= 15 is 0 Å². The van der Waals surface area contributed by atoms with Crippen molar-refractivity contribution in [1.82, 2.24) is 10.2 Å². The van der Waals surface area contributed by atoms with Crippen molar-refractivity contribution < 1.29 is 0 Å². The maximum Gasteiger partial charge on any atom is 0.00790 e. The first kappa shape index (κ1) is 14.3. The van der Waals surface area contributed by atoms with Crippen LogP contribution in [0.15, 0.2) is 0 Å². The second-order valence-electron chi connectivity index (χ2n) is 6.99. The minimum absolute atomic E-state index is 0.625. The highest BCUT2D eigenvalue weighted by Gasteiger charge is 2.37. The molecule has 0 radical (unpaired) electrons. The molecule has 1 saturated carbocycles. The normalized spacial score (nSPS) is 26.0. The standard InChI is InChI=1S/C16H32N2/c1-14(2)17-11-6-15(3)18-12-9-16(10-13-18)7-4-5-8-16/h14-15,17H,4-13H2,1-3H3. The number of likely N-dealkylation sites (tertiary alicyclic amines) is 1. The summed E-state index contributed by atoms with van der Waals surface area (Å²) in [4.78, 5) is 2.73. The van der Waals surface area contributed by atoms with Crippen molar-refractivity contribution in [2.45, 2.75) is 77.8 Å². The number of piperidine rings is 1. The molecule has 1 heterocycles. The van der Waals surface area contributed by atoms with E-state index in [0.29, 0.717) is 6.04 Å². The summed E-state index contributed by atoms with van der Waals surface area (Å²) in [7, 11) is 0. The van der Waals surface area contributed by atoms with Crippen molar-refractivity contribution in [3.8, 4) is 0 Å². The highest BCUT2D eigenvalue weighted by atomic mass is 15.2. The summed E-state index contributed by atoms with van der Waals surface area (Å²) >= 11 is 0. The average molecular weight is 252 g/mol. The van der Waals surface area contributed by atoms with Crippen molar-refractivity contribution >= 4 is 0 Å². The Kier molecular flexibility index (Phi) is 5.08. The number of rotatable bonds is 5. The first-order valence-electron chi connectivity index (χ1n) is 8.09. The van der Waals surface area contributed by atoms with E-state index in [1.807, 2.05) is 0 Å². The van der Waals surface area contributed by atoms with Gasteiger partial charge in [0.05, 0.1) is 0 Å². The number of nitrogens with one attached hydrogen (secondary N) is 1. The van der Waals surface area contributed by atoms with Gasteiger partial charge in [-0.15, -0.1) is 0 Å². The summed E-state index contributed by atoms with van der Waals surface area (Å²) in [6.07, 6.45) is 10.3. The smallest absolute Gasteiger partial charge is 0.00790 e. The third-order valence-electron chi connectivity index (χ3n) is 5.26. The van der Waals surface area contributed by atoms with Crippen LogP contribution in [0.2, 0.25) is 0 Å². The van der Waals surface area contributed by atoms with Crippen LogP contribution in [0.5, 0.6) is 0 Å². The van der Waals surface area contributed by atoms with Gasteiger partial charge in [-0.2, -0.15) is 0 Å². The van der Waals surface area contributed by atoms with Crippen LogP contribution in [0.25, 0.3) is 0 Å². The summed E-state index contributed by atoms with van der Waals surface area (Å²) < 4.78 is 0. The van der Waals surface area contributed by atoms with Crippen LogP contribution in [-0.2, 0) is 0 Å². The van der Waals surface area contributed by atoms with Crippen LogP contribution in [0.4, 0.5) is 0 Å². The SMILES string of the molecule is CC(C)NCCC(C)N1CCC2(CCCC2)CC1. The van der Waals surface area contributed by atoms with E-state index in [2.05, 4.69) is 31.0 Å². The fraction of sp³-hybridized carbons (Fsp3) is 1.00. The van der Waals surface area contributed by atoms with Gasteiger partial charge in [0, 0.05) is 12.1 Å². The van der Waals surface area contributed by atoms with Gasteiger partial charge in [-0.25, -0.2) is 0 Å². The molecule has 1 spiro atoms. The molecule has 1 aliphatic carbocycles. The molecule has 0 amide bonds. The topological polar surface area (TPSA) is 15.3 Å². The Morgan fingerprint density at radius 3 is 2.17 bits per heavy atom. The fourth-order valence-electron chi connectivity index (χ4n) is 3.83. The molecule has 1 N–H and O–H groups in total. The molecule has 18 heavy (non-hydrogen) atoms. The molecule has 1 atom stereocenters. The highest BCUT2D eigenvalue weighted by molar-refractivity contribution is 4.90. The number of nitrogens with zero attached hydrogens (tertiary/aromatic N) is 1. The van der Waals surface area contributed by atoms with Gasteiger partial charge in [-0.3, -0.25) is 0 Å². The largest absolute Gasteiger partial charge is 0.314 e. The lowest BCUT2D eigenvalue weighted by atomic mass is 9.77. The Bertz CT molecular complexity index is 233. The molecule has 0 aromatic carbocycles. The van der Waals surface area contributed by atoms with Crippen LogP contribution >= 0.6 is 0 Å². The summed E-state index contributed by atoms with van der Waals surface area (Å²) in [6, 6.07) is 1.38. The molecule has 2 rings (SSSR count). The fourth-order valence-corrected chi connectivity index (χ4v) is 3.83. The molecule has 0 aromatic rings. The Morgan fingerprint density at radius 2 is 1.61 bits per heavy atom. The van der Waals surface area contributed by atoms with Crippen molar-refractivity contribution in [1.29, 1.82) is 0 Å². The number of hydrogen-bond donors (Lipinski definition) is 1. The van der Waals surface area contributed by atoms with Crippen LogP contribution in [0, 0.1) is 5.41 Å². The van der Waals surface area contributed by atoms with E-state index in [9.17, 15) is 0 Å². The van der Waals surface area contributed by atoms with Crippen molar-refractivity contribution in [2.24, 2.45) is 5.41 Å². The Balaban J connectivity index is 1.68. The average Bonchev–Trinajstić information content (AvgIpc) is 2.78. The molecule has 2 aliphatic rings. The molecule has 1 aliphatic heterocycles. The predicted octanol–water partition coefficient (Wildman–Crippen LogP) is 3.42. The van der Waals surface area contributed by atoms with Gasteiger partial charge in [0.25, 0.3) is 0 Å². The second-order valence-corrected chi connectivity index (χ2v) is 6.99. The van der Waals surface area contributed by atoms with E-state index in [0.717, 1.165) is 11.5 Å². The zero-order chi connectivity index (χ0) is 13.0. The van der Waals surface area contributed by atoms with Gasteiger partial charge in [-0.05, 0) is 64.1 Å². The molecule has 0 bridgehead atoms. The van der Waals surface area contributed by atoms with Crippen molar-refractivity contribution in [2.75, 3.05) is 19.6 Å². The predicted molar refractivity (Wildman–Crippen MR) is 78.9 cm³/mol. The summed E-state index contributed by atoms with van der Waals surface area (Å²) in [5.74, 6) is 0. The monoisotopic (exact) mass is 252 g/mol. The van der Waals surface area contributed by atoms with E-state index < -0.39 is 0 Å². The molecule has 1 unspecified atom stereocenters. The van der Waals surface area contributed by atoms with Gasteiger partial charge in [0.15, 0.2) is 0 Å². The summed E-state index contributed by atoms with van der Waals surface area (Å²) in [5.41, 5.74) is 0.770. The Morgan fingerprint density at radius 1 is 1.00 bits per heavy atom. The maximum absolute atomic E-state index is 3.54. The lowest BCUT2D eigenvalue weighted by Crippen LogP contribution is -2.44. The van der Waals surface area contributed by atoms with Gasteiger partial charge in [0.2, 0.25) is 0 Å². The minimum Gasteiger partial charge on any atom is -0.314 e. The number of hydrogen-bond acceptors (Lipinski definition) is 2. The van der Waals surface area contributed by atoms with Crippen LogP contribution in [0.1, 0.15) is 65.7 Å². The van der Waals surface area contributed by atoms with Crippen LogP contribution in [0.3, 0.4) is 0 Å². The van der Waals surface area contributed by atoms with E-state index in [4.69, 9.17) is 0 Å². The van der Waals surface area contributed by atoms with Crippen molar-refractivity contribution in [3.05, 3.63) is 0 Å². The molecule has 0 aromatic heterocycles. The van der Waals surface area contributed by atoms with Crippen LogP contribution in [-0.4, -0.2) is 36.6 Å². The summed E-state index contributed by atoms with van der Waals surface area (Å²) in [6.45, 7) is 10.7. The zero-order valence-electron chi connectivity index (χ0n) is 12.7. The molecular formula is C16H32N2. The van der Waals surface area contributed by atoms with E-state index in [-0.39, 0.29) is 0 Å². The first-order valence-corrected chi connectivity index (χ1v) is 8.09. The summed E-state index contributed by atoms with van der Waals surface area (Å²) in [5, 5.41) is 3.54. The van der Waals surface area contributed by atoms with Gasteiger partial charge in [-0.1, -0.05) is 26.7 Å². The van der Waals surface area contributed by atoms with Gasteiger partial charge >= 0.3 is 0 Å².